The minimum absolute atomic E-state index is 0.463. The maximum absolute atomic E-state index is 4.68. The Kier molecular flexibility index (Phi) is 2.63. The van der Waals surface area contributed by atoms with Crippen molar-refractivity contribution in [2.75, 3.05) is 0 Å². The predicted molar refractivity (Wildman–Crippen MR) is 77.4 cm³/mol. The lowest BCUT2D eigenvalue weighted by atomic mass is 10.1. The standard InChI is InChI=1S/C14H17N3S/c1-7(2)11-9-5-6-10-13(12(9)17-16-11)18-14(15-10)8(3)4/h5-8H,1-4H3,(H,16,17). The van der Waals surface area contributed by atoms with Gasteiger partial charge in [0.15, 0.2) is 0 Å². The summed E-state index contributed by atoms with van der Waals surface area (Å²) in [4.78, 5) is 4.68. The minimum atomic E-state index is 0.463. The number of thiazole rings is 1. The van der Waals surface area contributed by atoms with Crippen molar-refractivity contribution in [1.82, 2.24) is 15.2 Å². The number of benzene rings is 1. The molecule has 0 amide bonds. The summed E-state index contributed by atoms with van der Waals surface area (Å²) in [6.07, 6.45) is 0. The van der Waals surface area contributed by atoms with Gasteiger partial charge < -0.3 is 0 Å². The molecule has 4 heteroatoms. The van der Waals surface area contributed by atoms with Gasteiger partial charge in [0.2, 0.25) is 0 Å². The summed E-state index contributed by atoms with van der Waals surface area (Å²) >= 11 is 1.77. The summed E-state index contributed by atoms with van der Waals surface area (Å²) in [5.74, 6) is 0.936. The number of nitrogens with one attached hydrogen (secondary N) is 1. The van der Waals surface area contributed by atoms with E-state index >= 15 is 0 Å². The van der Waals surface area contributed by atoms with E-state index in [9.17, 15) is 0 Å². The van der Waals surface area contributed by atoms with E-state index in [1.165, 1.54) is 20.8 Å². The van der Waals surface area contributed by atoms with Gasteiger partial charge in [-0.2, -0.15) is 5.10 Å². The first kappa shape index (κ1) is 11.7. The molecule has 2 aromatic heterocycles. The molecule has 3 nitrogen and oxygen atoms in total. The second kappa shape index (κ2) is 4.05. The number of hydrogen-bond acceptors (Lipinski definition) is 3. The van der Waals surface area contributed by atoms with E-state index in [2.05, 4.69) is 55.0 Å². The largest absolute Gasteiger partial charge is 0.281 e. The monoisotopic (exact) mass is 259 g/mol. The van der Waals surface area contributed by atoms with Gasteiger partial charge in [-0.05, 0) is 18.1 Å². The molecule has 1 N–H and O–H groups in total. The maximum Gasteiger partial charge on any atom is 0.112 e. The van der Waals surface area contributed by atoms with Gasteiger partial charge in [-0.25, -0.2) is 4.98 Å². The van der Waals surface area contributed by atoms with Crippen molar-refractivity contribution < 1.29 is 0 Å². The van der Waals surface area contributed by atoms with Crippen molar-refractivity contribution in [2.45, 2.75) is 39.5 Å². The molecule has 0 radical (unpaired) electrons. The first-order valence-corrected chi connectivity index (χ1v) is 7.17. The number of aromatic amines is 1. The molecule has 0 spiro atoms. The molecule has 3 rings (SSSR count). The topological polar surface area (TPSA) is 41.6 Å². The fourth-order valence-electron chi connectivity index (χ4n) is 2.19. The molecular formula is C14H17N3S. The third-order valence-electron chi connectivity index (χ3n) is 3.20. The van der Waals surface area contributed by atoms with Crippen molar-refractivity contribution in [3.05, 3.63) is 22.8 Å². The summed E-state index contributed by atoms with van der Waals surface area (Å²) in [6, 6.07) is 4.25. The van der Waals surface area contributed by atoms with Gasteiger partial charge in [-0.15, -0.1) is 11.3 Å². The van der Waals surface area contributed by atoms with Crippen LogP contribution in [0, 0.1) is 0 Å². The van der Waals surface area contributed by atoms with Gasteiger partial charge in [-0.1, -0.05) is 27.7 Å². The average Bonchev–Trinajstić information content (AvgIpc) is 2.91. The Morgan fingerprint density at radius 3 is 2.56 bits per heavy atom. The first-order valence-electron chi connectivity index (χ1n) is 6.35. The van der Waals surface area contributed by atoms with Gasteiger partial charge in [0, 0.05) is 17.0 Å². The molecule has 3 aromatic rings. The molecule has 2 heterocycles. The Labute approximate surface area is 110 Å². The van der Waals surface area contributed by atoms with Crippen LogP contribution in [-0.2, 0) is 0 Å². The Morgan fingerprint density at radius 2 is 1.89 bits per heavy atom. The summed E-state index contributed by atoms with van der Waals surface area (Å²) in [5, 5.41) is 10.1. The molecule has 0 aliphatic carbocycles. The summed E-state index contributed by atoms with van der Waals surface area (Å²) in [5.41, 5.74) is 3.35. The number of fused-ring (bicyclic) bond motifs is 3. The van der Waals surface area contributed by atoms with Crippen LogP contribution in [0.5, 0.6) is 0 Å². The quantitative estimate of drug-likeness (QED) is 0.740. The smallest absolute Gasteiger partial charge is 0.112 e. The lowest BCUT2D eigenvalue weighted by Gasteiger charge is -2.00. The predicted octanol–water partition coefficient (Wildman–Crippen LogP) is 4.42. The van der Waals surface area contributed by atoms with Crippen LogP contribution < -0.4 is 0 Å². The third-order valence-corrected chi connectivity index (χ3v) is 4.58. The highest BCUT2D eigenvalue weighted by Crippen LogP contribution is 2.34. The van der Waals surface area contributed by atoms with Crippen LogP contribution in [0.1, 0.15) is 50.2 Å². The number of aromatic nitrogens is 3. The summed E-state index contributed by atoms with van der Waals surface area (Å²) < 4.78 is 1.21. The van der Waals surface area contributed by atoms with Gasteiger partial charge in [-0.3, -0.25) is 5.10 Å². The molecule has 0 fully saturated rings. The van der Waals surface area contributed by atoms with Crippen LogP contribution >= 0.6 is 11.3 Å². The van der Waals surface area contributed by atoms with Gasteiger partial charge >= 0.3 is 0 Å². The molecule has 0 unspecified atom stereocenters. The fourth-order valence-corrected chi connectivity index (χ4v) is 3.25. The van der Waals surface area contributed by atoms with Crippen LogP contribution in [0.15, 0.2) is 12.1 Å². The Balaban J connectivity index is 2.32. The zero-order chi connectivity index (χ0) is 12.9. The highest BCUT2D eigenvalue weighted by atomic mass is 32.1. The SMILES string of the molecule is CC(C)c1nc2ccc3c(C(C)C)[nH]nc3c2s1. The molecular weight excluding hydrogens is 242 g/mol. The highest BCUT2D eigenvalue weighted by Gasteiger charge is 2.15. The van der Waals surface area contributed by atoms with Crippen molar-refractivity contribution >= 4 is 32.5 Å². The van der Waals surface area contributed by atoms with Gasteiger partial charge in [0.1, 0.15) is 5.52 Å². The molecule has 0 aliphatic rings. The zero-order valence-electron chi connectivity index (χ0n) is 11.1. The first-order chi connectivity index (χ1) is 8.58. The van der Waals surface area contributed by atoms with Crippen LogP contribution in [0.25, 0.3) is 21.1 Å². The van der Waals surface area contributed by atoms with Crippen molar-refractivity contribution in [3.63, 3.8) is 0 Å². The molecule has 1 aromatic carbocycles. The molecule has 18 heavy (non-hydrogen) atoms. The van der Waals surface area contributed by atoms with Crippen molar-refractivity contribution in [2.24, 2.45) is 0 Å². The number of H-pyrrole nitrogens is 1. The molecule has 94 valence electrons. The summed E-state index contributed by atoms with van der Waals surface area (Å²) in [7, 11) is 0. The van der Waals surface area contributed by atoms with Crippen LogP contribution in [0.4, 0.5) is 0 Å². The minimum Gasteiger partial charge on any atom is -0.281 e. The molecule has 0 saturated carbocycles. The van der Waals surface area contributed by atoms with E-state index in [4.69, 9.17) is 0 Å². The Hall–Kier alpha value is -1.42. The zero-order valence-corrected chi connectivity index (χ0v) is 11.9. The van der Waals surface area contributed by atoms with E-state index in [0.29, 0.717) is 11.8 Å². The fraction of sp³-hybridized carbons (Fsp3) is 0.429. The lowest BCUT2D eigenvalue weighted by Crippen LogP contribution is -1.87. The number of rotatable bonds is 2. The van der Waals surface area contributed by atoms with Gasteiger partial charge in [0.05, 0.1) is 15.2 Å². The summed E-state index contributed by atoms with van der Waals surface area (Å²) in [6.45, 7) is 8.73. The van der Waals surface area contributed by atoms with Crippen LogP contribution in [0.2, 0.25) is 0 Å². The molecule has 0 atom stereocenters. The average molecular weight is 259 g/mol. The number of hydrogen-bond donors (Lipinski definition) is 1. The van der Waals surface area contributed by atoms with E-state index in [-0.39, 0.29) is 0 Å². The van der Waals surface area contributed by atoms with E-state index in [0.717, 1.165) is 11.0 Å². The Bertz CT molecular complexity index is 706. The highest BCUT2D eigenvalue weighted by molar-refractivity contribution is 7.19. The second-order valence-corrected chi connectivity index (χ2v) is 6.34. The van der Waals surface area contributed by atoms with Crippen molar-refractivity contribution in [1.29, 1.82) is 0 Å². The molecule has 0 saturated heterocycles. The molecule has 0 bridgehead atoms. The van der Waals surface area contributed by atoms with Crippen LogP contribution in [0.3, 0.4) is 0 Å². The van der Waals surface area contributed by atoms with E-state index in [1.54, 1.807) is 11.3 Å². The molecule has 0 aliphatic heterocycles. The lowest BCUT2D eigenvalue weighted by molar-refractivity contribution is 0.818. The van der Waals surface area contributed by atoms with E-state index < -0.39 is 0 Å². The second-order valence-electron chi connectivity index (χ2n) is 5.31. The maximum atomic E-state index is 4.68. The number of nitrogens with zero attached hydrogens (tertiary/aromatic N) is 2. The normalized spacial score (nSPS) is 12.3. The van der Waals surface area contributed by atoms with E-state index in [1.807, 2.05) is 0 Å². The van der Waals surface area contributed by atoms with Crippen molar-refractivity contribution in [3.8, 4) is 0 Å². The van der Waals surface area contributed by atoms with Gasteiger partial charge in [0.25, 0.3) is 0 Å². The Morgan fingerprint density at radius 1 is 1.11 bits per heavy atom. The third kappa shape index (κ3) is 1.63. The van der Waals surface area contributed by atoms with Crippen LogP contribution in [-0.4, -0.2) is 15.2 Å².